The predicted molar refractivity (Wildman–Crippen MR) is 63.2 cm³/mol. The fourth-order valence-corrected chi connectivity index (χ4v) is 1.49. The molecule has 0 saturated heterocycles. The summed E-state index contributed by atoms with van der Waals surface area (Å²) in [4.78, 5) is 18.6. The highest BCUT2D eigenvalue weighted by molar-refractivity contribution is 7.71. The van der Waals surface area contributed by atoms with Gasteiger partial charge in [0.1, 0.15) is 5.75 Å². The van der Waals surface area contributed by atoms with Crippen LogP contribution in [0.3, 0.4) is 0 Å². The molecule has 0 unspecified atom stereocenters. The first-order chi connectivity index (χ1) is 7.56. The molecule has 1 aromatic carbocycles. The van der Waals surface area contributed by atoms with Gasteiger partial charge in [-0.1, -0.05) is 0 Å². The summed E-state index contributed by atoms with van der Waals surface area (Å²) in [5, 5.41) is 0. The van der Waals surface area contributed by atoms with Crippen molar-refractivity contribution in [3.63, 3.8) is 0 Å². The van der Waals surface area contributed by atoms with Gasteiger partial charge in [-0.05, 0) is 24.4 Å². The third-order valence-corrected chi connectivity index (χ3v) is 2.26. The molecule has 5 nitrogen and oxygen atoms in total. The Morgan fingerprint density at radius 1 is 1.31 bits per heavy atom. The maximum atomic E-state index is 11.3. The van der Waals surface area contributed by atoms with Crippen molar-refractivity contribution in [2.75, 3.05) is 14.1 Å². The number of imidazole rings is 1. The van der Waals surface area contributed by atoms with E-state index in [2.05, 4.69) is 9.97 Å². The van der Waals surface area contributed by atoms with Crippen molar-refractivity contribution in [3.05, 3.63) is 23.0 Å². The lowest BCUT2D eigenvalue weighted by Crippen LogP contribution is -2.25. The number of aromatic nitrogens is 2. The zero-order chi connectivity index (χ0) is 11.7. The number of hydrogen-bond acceptors (Lipinski definition) is 3. The molecule has 2 N–H and O–H groups in total. The van der Waals surface area contributed by atoms with Gasteiger partial charge in [-0.15, -0.1) is 0 Å². The molecule has 0 aliphatic rings. The highest BCUT2D eigenvalue weighted by Crippen LogP contribution is 2.18. The zero-order valence-corrected chi connectivity index (χ0v) is 9.72. The van der Waals surface area contributed by atoms with Crippen molar-refractivity contribution in [2.24, 2.45) is 0 Å². The minimum Gasteiger partial charge on any atom is -0.410 e. The molecule has 2 aromatic rings. The van der Waals surface area contributed by atoms with Crippen LogP contribution in [0, 0.1) is 4.77 Å². The van der Waals surface area contributed by atoms with E-state index in [0.29, 0.717) is 10.5 Å². The number of nitrogens with one attached hydrogen (secondary N) is 2. The van der Waals surface area contributed by atoms with E-state index in [1.807, 2.05) is 0 Å². The quantitative estimate of drug-likeness (QED) is 0.748. The van der Waals surface area contributed by atoms with Crippen LogP contribution in [0.2, 0.25) is 0 Å². The number of carbonyl (C=O) groups excluding carboxylic acids is 1. The number of amides is 1. The highest BCUT2D eigenvalue weighted by atomic mass is 32.1. The molecule has 84 valence electrons. The average Bonchev–Trinajstić information content (AvgIpc) is 2.57. The van der Waals surface area contributed by atoms with E-state index in [1.165, 1.54) is 4.90 Å². The predicted octanol–water partition coefficient (Wildman–Crippen LogP) is 2.29. The van der Waals surface area contributed by atoms with Gasteiger partial charge in [0.2, 0.25) is 0 Å². The van der Waals surface area contributed by atoms with E-state index < -0.39 is 6.09 Å². The highest BCUT2D eigenvalue weighted by Gasteiger charge is 2.07. The number of benzene rings is 1. The monoisotopic (exact) mass is 237 g/mol. The lowest BCUT2D eigenvalue weighted by Gasteiger charge is -2.10. The number of rotatable bonds is 1. The second-order valence-electron chi connectivity index (χ2n) is 3.55. The molecule has 0 aliphatic carbocycles. The second-order valence-corrected chi connectivity index (χ2v) is 3.96. The van der Waals surface area contributed by atoms with Crippen LogP contribution in [-0.4, -0.2) is 35.1 Å². The van der Waals surface area contributed by atoms with Gasteiger partial charge in [0.05, 0.1) is 11.0 Å². The molecule has 0 radical (unpaired) electrons. The molecule has 6 heteroatoms. The molecule has 0 bridgehead atoms. The topological polar surface area (TPSA) is 61.1 Å². The number of H-pyrrole nitrogens is 2. The molecule has 0 fully saturated rings. The second kappa shape index (κ2) is 3.97. The Bertz CT molecular complexity index is 585. The number of carbonyl (C=O) groups is 1. The van der Waals surface area contributed by atoms with Crippen LogP contribution in [0.1, 0.15) is 0 Å². The van der Waals surface area contributed by atoms with E-state index >= 15 is 0 Å². The van der Waals surface area contributed by atoms with Gasteiger partial charge < -0.3 is 19.6 Å². The van der Waals surface area contributed by atoms with E-state index in [-0.39, 0.29) is 0 Å². The molecule has 0 atom stereocenters. The normalized spacial score (nSPS) is 10.4. The maximum absolute atomic E-state index is 11.3. The molecule has 1 heterocycles. The fraction of sp³-hybridized carbons (Fsp3) is 0.200. The molecular weight excluding hydrogens is 226 g/mol. The average molecular weight is 237 g/mol. The van der Waals surface area contributed by atoms with Crippen molar-refractivity contribution in [2.45, 2.75) is 0 Å². The van der Waals surface area contributed by atoms with Crippen molar-refractivity contribution in [3.8, 4) is 5.75 Å². The molecule has 0 aliphatic heterocycles. The van der Waals surface area contributed by atoms with Crippen LogP contribution >= 0.6 is 12.2 Å². The summed E-state index contributed by atoms with van der Waals surface area (Å²) in [6, 6.07) is 5.24. The number of ether oxygens (including phenoxy) is 1. The standard InChI is InChI=1S/C10H11N3O2S/c1-13(2)10(14)15-6-3-4-7-8(5-6)12-9(16)11-7/h3-5H,1-2H3,(H2,11,12,16). The van der Waals surface area contributed by atoms with Gasteiger partial charge in [-0.3, -0.25) is 0 Å². The van der Waals surface area contributed by atoms with Crippen LogP contribution in [-0.2, 0) is 0 Å². The summed E-state index contributed by atoms with van der Waals surface area (Å²) in [5.41, 5.74) is 1.70. The van der Waals surface area contributed by atoms with Crippen molar-refractivity contribution < 1.29 is 9.53 Å². The fourth-order valence-electron chi connectivity index (χ4n) is 1.27. The first kappa shape index (κ1) is 10.7. The number of aromatic amines is 2. The van der Waals surface area contributed by atoms with E-state index in [4.69, 9.17) is 17.0 Å². The van der Waals surface area contributed by atoms with E-state index in [9.17, 15) is 4.79 Å². The molecule has 2 rings (SSSR count). The van der Waals surface area contributed by atoms with Crippen LogP contribution in [0.15, 0.2) is 18.2 Å². The van der Waals surface area contributed by atoms with Crippen molar-refractivity contribution in [1.82, 2.24) is 14.9 Å². The molecular formula is C10H11N3O2S. The lowest BCUT2D eigenvalue weighted by atomic mass is 10.3. The zero-order valence-electron chi connectivity index (χ0n) is 8.90. The molecule has 16 heavy (non-hydrogen) atoms. The largest absolute Gasteiger partial charge is 0.414 e. The Morgan fingerprint density at radius 2 is 2.00 bits per heavy atom. The van der Waals surface area contributed by atoms with Gasteiger partial charge in [0, 0.05) is 20.2 Å². The Labute approximate surface area is 97.0 Å². The molecule has 0 saturated carbocycles. The maximum Gasteiger partial charge on any atom is 0.414 e. The first-order valence-corrected chi connectivity index (χ1v) is 5.08. The molecule has 0 spiro atoms. The summed E-state index contributed by atoms with van der Waals surface area (Å²) in [5.74, 6) is 0.483. The van der Waals surface area contributed by atoms with Crippen molar-refractivity contribution in [1.29, 1.82) is 0 Å². The van der Waals surface area contributed by atoms with Crippen molar-refractivity contribution >= 4 is 29.3 Å². The van der Waals surface area contributed by atoms with Crippen LogP contribution in [0.25, 0.3) is 11.0 Å². The summed E-state index contributed by atoms with van der Waals surface area (Å²) in [6.07, 6.45) is -0.409. The molecule has 1 aromatic heterocycles. The van der Waals surface area contributed by atoms with E-state index in [1.54, 1.807) is 32.3 Å². The third kappa shape index (κ3) is 2.06. The third-order valence-electron chi connectivity index (χ3n) is 2.06. The summed E-state index contributed by atoms with van der Waals surface area (Å²) in [6.45, 7) is 0. The van der Waals surface area contributed by atoms with Gasteiger partial charge >= 0.3 is 6.09 Å². The number of nitrogens with zero attached hydrogens (tertiary/aromatic N) is 1. The van der Waals surface area contributed by atoms with Gasteiger partial charge in [0.15, 0.2) is 4.77 Å². The lowest BCUT2D eigenvalue weighted by molar-refractivity contribution is 0.172. The van der Waals surface area contributed by atoms with Gasteiger partial charge in [-0.2, -0.15) is 0 Å². The first-order valence-electron chi connectivity index (χ1n) is 4.67. The Morgan fingerprint density at radius 3 is 2.69 bits per heavy atom. The Hall–Kier alpha value is -1.82. The smallest absolute Gasteiger partial charge is 0.410 e. The van der Waals surface area contributed by atoms with Crippen LogP contribution in [0.4, 0.5) is 4.79 Å². The molecule has 1 amide bonds. The van der Waals surface area contributed by atoms with Crippen LogP contribution in [0.5, 0.6) is 5.75 Å². The minimum absolute atomic E-state index is 0.409. The van der Waals surface area contributed by atoms with E-state index in [0.717, 1.165) is 11.0 Å². The number of hydrogen-bond donors (Lipinski definition) is 2. The van der Waals surface area contributed by atoms with Crippen LogP contribution < -0.4 is 4.74 Å². The van der Waals surface area contributed by atoms with Gasteiger partial charge in [0.25, 0.3) is 0 Å². The minimum atomic E-state index is -0.409. The summed E-state index contributed by atoms with van der Waals surface area (Å²) in [7, 11) is 3.26. The summed E-state index contributed by atoms with van der Waals surface area (Å²) >= 11 is 4.96. The Kier molecular flexibility index (Phi) is 2.66. The number of fused-ring (bicyclic) bond motifs is 1. The SMILES string of the molecule is CN(C)C(=O)Oc1ccc2[nH]c(=S)[nH]c2c1. The Balaban J connectivity index is 2.32. The summed E-state index contributed by atoms with van der Waals surface area (Å²) < 4.78 is 5.66. The van der Waals surface area contributed by atoms with Gasteiger partial charge in [-0.25, -0.2) is 4.79 Å².